The van der Waals surface area contributed by atoms with Gasteiger partial charge in [0.05, 0.1) is 11.8 Å². The third kappa shape index (κ3) is 2.34. The van der Waals surface area contributed by atoms with Crippen LogP contribution in [0.3, 0.4) is 0 Å². The second-order valence-electron chi connectivity index (χ2n) is 4.63. The summed E-state index contributed by atoms with van der Waals surface area (Å²) in [4.78, 5) is 0. The molecule has 2 aromatic carbocycles. The van der Waals surface area contributed by atoms with Gasteiger partial charge in [-0.15, -0.1) is 0 Å². The van der Waals surface area contributed by atoms with Crippen LogP contribution in [0.15, 0.2) is 47.6 Å². The summed E-state index contributed by atoms with van der Waals surface area (Å²) in [6, 6.07) is 11.3. The van der Waals surface area contributed by atoms with Crippen molar-refractivity contribution in [2.45, 2.75) is 12.5 Å². The van der Waals surface area contributed by atoms with Gasteiger partial charge in [0.25, 0.3) is 0 Å². The van der Waals surface area contributed by atoms with Crippen LogP contribution in [0.1, 0.15) is 23.6 Å². The topological polar surface area (TPSA) is 44.6 Å². The Labute approximate surface area is 120 Å². The van der Waals surface area contributed by atoms with Crippen molar-refractivity contribution in [3.63, 3.8) is 0 Å². The van der Waals surface area contributed by atoms with E-state index in [9.17, 15) is 9.50 Å². The fourth-order valence-electron chi connectivity index (χ4n) is 2.29. The molecular formula is C15H12ClFN2O. The van der Waals surface area contributed by atoms with Crippen LogP contribution in [0.2, 0.25) is 5.02 Å². The van der Waals surface area contributed by atoms with Gasteiger partial charge in [-0.1, -0.05) is 29.8 Å². The van der Waals surface area contributed by atoms with Gasteiger partial charge in [-0.05, 0) is 29.8 Å². The van der Waals surface area contributed by atoms with E-state index in [4.69, 9.17) is 11.6 Å². The maximum Gasteiger partial charge on any atom is 0.124 e. The summed E-state index contributed by atoms with van der Waals surface area (Å²) in [5.41, 5.74) is 4.94. The molecule has 3 nitrogen and oxygen atoms in total. The van der Waals surface area contributed by atoms with E-state index in [2.05, 4.69) is 10.5 Å². The standard InChI is InChI=1S/C15H12ClFN2O/c16-12-4-2-1-3-10(12)13-8-14(19-18-13)11-7-9(17)5-6-15(11)20/h1-7,13,18,20H,8H2/t13-/m0/s1. The number of phenols is 1. The molecule has 1 atom stereocenters. The van der Waals surface area contributed by atoms with Gasteiger partial charge >= 0.3 is 0 Å². The lowest BCUT2D eigenvalue weighted by Crippen LogP contribution is -2.10. The van der Waals surface area contributed by atoms with E-state index in [-0.39, 0.29) is 11.8 Å². The lowest BCUT2D eigenvalue weighted by Gasteiger charge is -2.11. The molecule has 2 N–H and O–H groups in total. The summed E-state index contributed by atoms with van der Waals surface area (Å²) in [6.07, 6.45) is 0.542. The van der Waals surface area contributed by atoms with Gasteiger partial charge in [0.2, 0.25) is 0 Å². The maximum absolute atomic E-state index is 13.3. The van der Waals surface area contributed by atoms with E-state index in [1.54, 1.807) is 0 Å². The molecule has 3 rings (SSSR count). The molecule has 102 valence electrons. The third-order valence-electron chi connectivity index (χ3n) is 3.30. The first-order valence-electron chi connectivity index (χ1n) is 6.20. The second kappa shape index (κ2) is 5.13. The molecule has 0 aliphatic carbocycles. The molecule has 0 spiro atoms. The van der Waals surface area contributed by atoms with Gasteiger partial charge in [0.1, 0.15) is 11.6 Å². The number of hydrazone groups is 1. The number of hydrogen-bond acceptors (Lipinski definition) is 3. The van der Waals surface area contributed by atoms with Crippen molar-refractivity contribution in [2.75, 3.05) is 0 Å². The molecule has 0 fully saturated rings. The Hall–Kier alpha value is -2.07. The Bertz CT molecular complexity index is 687. The van der Waals surface area contributed by atoms with Crippen LogP contribution in [0.25, 0.3) is 0 Å². The maximum atomic E-state index is 13.3. The van der Waals surface area contributed by atoms with E-state index < -0.39 is 5.82 Å². The molecule has 0 aromatic heterocycles. The van der Waals surface area contributed by atoms with E-state index in [0.717, 1.165) is 5.56 Å². The van der Waals surface area contributed by atoms with Gasteiger partial charge in [0, 0.05) is 17.0 Å². The second-order valence-corrected chi connectivity index (χ2v) is 5.03. The molecule has 0 bridgehead atoms. The molecular weight excluding hydrogens is 279 g/mol. The van der Waals surface area contributed by atoms with Crippen LogP contribution in [-0.2, 0) is 0 Å². The number of benzene rings is 2. The lowest BCUT2D eigenvalue weighted by atomic mass is 9.98. The van der Waals surface area contributed by atoms with Crippen molar-refractivity contribution in [1.29, 1.82) is 0 Å². The highest BCUT2D eigenvalue weighted by atomic mass is 35.5. The zero-order valence-corrected chi connectivity index (χ0v) is 11.2. The number of aromatic hydroxyl groups is 1. The minimum Gasteiger partial charge on any atom is -0.507 e. The molecule has 1 heterocycles. The number of phenolic OH excluding ortho intramolecular Hbond substituents is 1. The first-order valence-corrected chi connectivity index (χ1v) is 6.58. The van der Waals surface area contributed by atoms with Crippen molar-refractivity contribution in [3.05, 3.63) is 64.4 Å². The zero-order chi connectivity index (χ0) is 14.1. The Morgan fingerprint density at radius 2 is 2.05 bits per heavy atom. The molecule has 0 amide bonds. The largest absolute Gasteiger partial charge is 0.507 e. The molecule has 0 unspecified atom stereocenters. The number of halogens is 2. The van der Waals surface area contributed by atoms with Gasteiger partial charge < -0.3 is 10.5 Å². The SMILES string of the molecule is Oc1ccc(F)cc1C1=NN[C@H](c2ccccc2Cl)C1. The predicted octanol–water partition coefficient (Wildman–Crippen LogP) is 3.62. The predicted molar refractivity (Wildman–Crippen MR) is 76.5 cm³/mol. The van der Waals surface area contributed by atoms with Crippen molar-refractivity contribution in [2.24, 2.45) is 5.10 Å². The monoisotopic (exact) mass is 290 g/mol. The van der Waals surface area contributed by atoms with Gasteiger partial charge in [-0.3, -0.25) is 0 Å². The number of nitrogens with one attached hydrogen (secondary N) is 1. The van der Waals surface area contributed by atoms with Crippen LogP contribution in [0.4, 0.5) is 4.39 Å². The van der Waals surface area contributed by atoms with Crippen LogP contribution in [0, 0.1) is 5.82 Å². The van der Waals surface area contributed by atoms with Crippen molar-refractivity contribution in [3.8, 4) is 5.75 Å². The van der Waals surface area contributed by atoms with Crippen LogP contribution in [-0.4, -0.2) is 10.8 Å². The highest BCUT2D eigenvalue weighted by Crippen LogP contribution is 2.31. The van der Waals surface area contributed by atoms with Crippen LogP contribution in [0.5, 0.6) is 5.75 Å². The summed E-state index contributed by atoms with van der Waals surface area (Å²) in [5.74, 6) is -0.381. The van der Waals surface area contributed by atoms with E-state index in [1.165, 1.54) is 18.2 Å². The quantitative estimate of drug-likeness (QED) is 0.887. The summed E-state index contributed by atoms with van der Waals surface area (Å²) in [6.45, 7) is 0. The zero-order valence-electron chi connectivity index (χ0n) is 10.5. The Kier molecular flexibility index (Phi) is 3.32. The van der Waals surface area contributed by atoms with E-state index >= 15 is 0 Å². The minimum atomic E-state index is -0.401. The van der Waals surface area contributed by atoms with Crippen molar-refractivity contribution >= 4 is 17.3 Å². The number of nitrogens with zero attached hydrogens (tertiary/aromatic N) is 1. The summed E-state index contributed by atoms with van der Waals surface area (Å²) in [5, 5.41) is 14.7. The summed E-state index contributed by atoms with van der Waals surface area (Å²) >= 11 is 6.15. The molecule has 0 saturated carbocycles. The average molecular weight is 291 g/mol. The fourth-order valence-corrected chi connectivity index (χ4v) is 2.55. The molecule has 20 heavy (non-hydrogen) atoms. The number of hydrogen-bond donors (Lipinski definition) is 2. The summed E-state index contributed by atoms with van der Waals surface area (Å²) in [7, 11) is 0. The fraction of sp³-hybridized carbons (Fsp3) is 0.133. The molecule has 0 radical (unpaired) electrons. The van der Waals surface area contributed by atoms with Crippen LogP contribution < -0.4 is 5.43 Å². The molecule has 2 aromatic rings. The van der Waals surface area contributed by atoms with Crippen molar-refractivity contribution in [1.82, 2.24) is 5.43 Å². The third-order valence-corrected chi connectivity index (χ3v) is 3.65. The Balaban J connectivity index is 1.86. The highest BCUT2D eigenvalue weighted by Gasteiger charge is 2.24. The molecule has 0 saturated heterocycles. The lowest BCUT2D eigenvalue weighted by molar-refractivity contribution is 0.471. The van der Waals surface area contributed by atoms with Gasteiger partial charge in [-0.25, -0.2) is 4.39 Å². The van der Waals surface area contributed by atoms with Gasteiger partial charge in [-0.2, -0.15) is 5.10 Å². The Morgan fingerprint density at radius 3 is 2.85 bits per heavy atom. The molecule has 1 aliphatic rings. The number of rotatable bonds is 2. The molecule has 1 aliphatic heterocycles. The smallest absolute Gasteiger partial charge is 0.124 e. The van der Waals surface area contributed by atoms with Crippen molar-refractivity contribution < 1.29 is 9.50 Å². The Morgan fingerprint density at radius 1 is 1.25 bits per heavy atom. The first-order chi connectivity index (χ1) is 9.65. The average Bonchev–Trinajstić information content (AvgIpc) is 2.91. The summed E-state index contributed by atoms with van der Waals surface area (Å²) < 4.78 is 13.3. The van der Waals surface area contributed by atoms with Gasteiger partial charge in [0.15, 0.2) is 0 Å². The first kappa shape index (κ1) is 12.9. The normalized spacial score (nSPS) is 17.7. The minimum absolute atomic E-state index is 0.0201. The van der Waals surface area contributed by atoms with E-state index in [0.29, 0.717) is 22.7 Å². The highest BCUT2D eigenvalue weighted by molar-refractivity contribution is 6.31. The molecule has 5 heteroatoms. The van der Waals surface area contributed by atoms with Crippen LogP contribution >= 0.6 is 11.6 Å². The van der Waals surface area contributed by atoms with E-state index in [1.807, 2.05) is 24.3 Å².